The van der Waals surface area contributed by atoms with Crippen LogP contribution in [-0.2, 0) is 0 Å². The van der Waals surface area contributed by atoms with Crippen molar-refractivity contribution in [3.05, 3.63) is 0 Å². The topological polar surface area (TPSA) is 3.24 Å². The van der Waals surface area contributed by atoms with E-state index in [0.717, 1.165) is 6.54 Å². The molecule has 0 aromatic rings. The van der Waals surface area contributed by atoms with E-state index >= 15 is 0 Å². The summed E-state index contributed by atoms with van der Waals surface area (Å²) in [6.07, 6.45) is 0. The molecule has 3 heteroatoms. The van der Waals surface area contributed by atoms with Gasteiger partial charge in [-0.2, -0.15) is 0 Å². The van der Waals surface area contributed by atoms with Crippen molar-refractivity contribution in [2.45, 2.75) is 6.92 Å². The maximum Gasteiger partial charge on any atom is 1.00 e. The molecule has 0 aromatic carbocycles. The normalized spacial score (nSPS) is 6.86. The molecule has 40 valence electrons. The van der Waals surface area contributed by atoms with Crippen LogP contribution in [0.5, 0.6) is 0 Å². The van der Waals surface area contributed by atoms with E-state index in [-0.39, 0.29) is 42.0 Å². The monoisotopic (exact) mass is 131 g/mol. The number of halogens is 1. The first kappa shape index (κ1) is 15.7. The Hall–Kier alpha value is 1.25. The summed E-state index contributed by atoms with van der Waals surface area (Å²) in [5.74, 6) is 0. The average Bonchev–Trinajstić information content (AvgIpc) is 1.38. The van der Waals surface area contributed by atoms with Crippen LogP contribution in [-0.4, -0.2) is 25.5 Å². The summed E-state index contributed by atoms with van der Waals surface area (Å²) >= 11 is 0. The average molecular weight is 132 g/mol. The summed E-state index contributed by atoms with van der Waals surface area (Å²) in [5.41, 5.74) is 0. The van der Waals surface area contributed by atoms with Crippen LogP contribution in [0.2, 0.25) is 0 Å². The van der Waals surface area contributed by atoms with Crippen LogP contribution in [0.1, 0.15) is 6.92 Å². The fourth-order valence-corrected chi connectivity index (χ4v) is 0. The van der Waals surface area contributed by atoms with Gasteiger partial charge in [-0.05, 0) is 20.6 Å². The van der Waals surface area contributed by atoms with Crippen molar-refractivity contribution < 1.29 is 42.0 Å². The zero-order chi connectivity index (χ0) is 4.28. The SMILES string of the molecule is CCN(C)C.[Cl-].[Na+]. The summed E-state index contributed by atoms with van der Waals surface area (Å²) in [6.45, 7) is 3.26. The van der Waals surface area contributed by atoms with Crippen LogP contribution < -0.4 is 42.0 Å². The van der Waals surface area contributed by atoms with Gasteiger partial charge in [0.05, 0.1) is 0 Å². The Bertz CT molecular complexity index is 25.7. The minimum absolute atomic E-state index is 0. The number of hydrogen-bond donors (Lipinski definition) is 0. The van der Waals surface area contributed by atoms with E-state index in [1.54, 1.807) is 0 Å². The summed E-state index contributed by atoms with van der Waals surface area (Å²) < 4.78 is 0. The van der Waals surface area contributed by atoms with Crippen molar-refractivity contribution in [1.29, 1.82) is 0 Å². The molecule has 0 radical (unpaired) electrons. The molecule has 0 unspecified atom stereocenters. The maximum atomic E-state index is 2.12. The van der Waals surface area contributed by atoms with E-state index in [9.17, 15) is 0 Å². The van der Waals surface area contributed by atoms with Gasteiger partial charge in [-0.15, -0.1) is 0 Å². The Kier molecular flexibility index (Phi) is 23.1. The molecule has 0 fully saturated rings. The number of rotatable bonds is 1. The molecule has 0 N–H and O–H groups in total. The molecule has 7 heavy (non-hydrogen) atoms. The van der Waals surface area contributed by atoms with Crippen molar-refractivity contribution in [3.63, 3.8) is 0 Å². The molecule has 0 aliphatic carbocycles. The fourth-order valence-electron chi connectivity index (χ4n) is 0. The van der Waals surface area contributed by atoms with Crippen LogP contribution in [0.3, 0.4) is 0 Å². The summed E-state index contributed by atoms with van der Waals surface area (Å²) in [6, 6.07) is 0. The fraction of sp³-hybridized carbons (Fsp3) is 1.00. The van der Waals surface area contributed by atoms with Crippen molar-refractivity contribution in [2.75, 3.05) is 20.6 Å². The smallest absolute Gasteiger partial charge is 1.00 e. The van der Waals surface area contributed by atoms with Gasteiger partial charge >= 0.3 is 29.6 Å². The second kappa shape index (κ2) is 10.3. The standard InChI is InChI=1S/C4H11N.ClH.Na/c1-4-5(2)3;;/h4H2,1-3H3;1H;/q;;+1/p-1. The van der Waals surface area contributed by atoms with E-state index in [1.807, 2.05) is 0 Å². The first-order valence-corrected chi connectivity index (χ1v) is 1.92. The molecule has 0 spiro atoms. The summed E-state index contributed by atoms with van der Waals surface area (Å²) in [7, 11) is 4.11. The van der Waals surface area contributed by atoms with Gasteiger partial charge in [0.25, 0.3) is 0 Å². The van der Waals surface area contributed by atoms with Crippen LogP contribution >= 0.6 is 0 Å². The first-order chi connectivity index (χ1) is 2.27. The van der Waals surface area contributed by atoms with Crippen LogP contribution in [0.4, 0.5) is 0 Å². The van der Waals surface area contributed by atoms with Gasteiger partial charge in [-0.25, -0.2) is 0 Å². The molecular formula is C4H11ClNNa. The van der Waals surface area contributed by atoms with E-state index in [4.69, 9.17) is 0 Å². The van der Waals surface area contributed by atoms with Crippen molar-refractivity contribution in [1.82, 2.24) is 4.90 Å². The van der Waals surface area contributed by atoms with E-state index in [0.29, 0.717) is 0 Å². The van der Waals surface area contributed by atoms with Gasteiger partial charge in [0.15, 0.2) is 0 Å². The van der Waals surface area contributed by atoms with E-state index < -0.39 is 0 Å². The third-order valence-electron chi connectivity index (χ3n) is 0.632. The second-order valence-corrected chi connectivity index (χ2v) is 1.40. The molecule has 0 amide bonds. The van der Waals surface area contributed by atoms with Gasteiger partial charge in [-0.3, -0.25) is 0 Å². The molecule has 0 atom stereocenters. The molecular weight excluding hydrogens is 120 g/mol. The summed E-state index contributed by atoms with van der Waals surface area (Å²) in [5, 5.41) is 0. The Labute approximate surface area is 74.2 Å². The minimum Gasteiger partial charge on any atom is -1.00 e. The predicted molar refractivity (Wildman–Crippen MR) is 24.2 cm³/mol. The molecule has 0 aromatic heterocycles. The number of hydrogen-bond acceptors (Lipinski definition) is 1. The molecule has 1 nitrogen and oxygen atoms in total. The zero-order valence-corrected chi connectivity index (χ0v) is 8.29. The van der Waals surface area contributed by atoms with Crippen molar-refractivity contribution >= 4 is 0 Å². The molecule has 0 bridgehead atoms. The van der Waals surface area contributed by atoms with Gasteiger partial charge in [0.1, 0.15) is 0 Å². The van der Waals surface area contributed by atoms with Crippen LogP contribution in [0.25, 0.3) is 0 Å². The quantitative estimate of drug-likeness (QED) is 0.321. The van der Waals surface area contributed by atoms with E-state index in [1.165, 1.54) is 0 Å². The summed E-state index contributed by atoms with van der Waals surface area (Å²) in [4.78, 5) is 2.12. The van der Waals surface area contributed by atoms with E-state index in [2.05, 4.69) is 25.9 Å². The molecule has 0 aliphatic rings. The van der Waals surface area contributed by atoms with Crippen LogP contribution in [0.15, 0.2) is 0 Å². The minimum atomic E-state index is 0. The predicted octanol–water partition coefficient (Wildman–Crippen LogP) is -5.42. The van der Waals surface area contributed by atoms with Gasteiger partial charge in [0, 0.05) is 0 Å². The molecule has 0 saturated carbocycles. The Morgan fingerprint density at radius 2 is 1.43 bits per heavy atom. The van der Waals surface area contributed by atoms with Crippen LogP contribution in [0, 0.1) is 0 Å². The Morgan fingerprint density at radius 1 is 1.29 bits per heavy atom. The number of nitrogens with zero attached hydrogens (tertiary/aromatic N) is 1. The third-order valence-corrected chi connectivity index (χ3v) is 0.632. The van der Waals surface area contributed by atoms with Crippen molar-refractivity contribution in [2.24, 2.45) is 0 Å². The molecule has 0 saturated heterocycles. The Morgan fingerprint density at radius 3 is 1.43 bits per heavy atom. The zero-order valence-electron chi connectivity index (χ0n) is 5.53. The van der Waals surface area contributed by atoms with Gasteiger partial charge < -0.3 is 17.3 Å². The third kappa shape index (κ3) is 18.9. The molecule has 0 rings (SSSR count). The maximum absolute atomic E-state index is 2.12. The Balaban J connectivity index is -0.0000000800. The van der Waals surface area contributed by atoms with Gasteiger partial charge in [-0.1, -0.05) is 6.92 Å². The second-order valence-electron chi connectivity index (χ2n) is 1.40. The molecule has 0 aliphatic heterocycles. The largest absolute Gasteiger partial charge is 1.00 e. The van der Waals surface area contributed by atoms with Gasteiger partial charge in [0.2, 0.25) is 0 Å². The van der Waals surface area contributed by atoms with Crippen molar-refractivity contribution in [3.8, 4) is 0 Å². The first-order valence-electron chi connectivity index (χ1n) is 1.92. The molecule has 0 heterocycles.